The van der Waals surface area contributed by atoms with Gasteiger partial charge >= 0.3 is 0 Å². The predicted molar refractivity (Wildman–Crippen MR) is 92.8 cm³/mol. The first-order valence-electron chi connectivity index (χ1n) is 7.99. The second-order valence-electron chi connectivity index (χ2n) is 6.51. The number of hydrogen-bond donors (Lipinski definition) is 2. The van der Waals surface area contributed by atoms with Crippen LogP contribution in [0.4, 0.5) is 0 Å². The van der Waals surface area contributed by atoms with Gasteiger partial charge in [-0.3, -0.25) is 4.79 Å². The van der Waals surface area contributed by atoms with Crippen LogP contribution in [0, 0.1) is 5.92 Å². The molecule has 1 amide bonds. The van der Waals surface area contributed by atoms with Crippen LogP contribution in [0.1, 0.15) is 38.2 Å². The summed E-state index contributed by atoms with van der Waals surface area (Å²) in [5.74, 6) is 1.45. The number of hydrogen-bond acceptors (Lipinski definition) is 4. The van der Waals surface area contributed by atoms with Gasteiger partial charge in [0, 0.05) is 10.5 Å². The molecule has 4 nitrogen and oxygen atoms in total. The molecule has 1 heterocycles. The molecule has 0 atom stereocenters. The molecule has 0 radical (unpaired) electrons. The van der Waals surface area contributed by atoms with Crippen LogP contribution in [0.5, 0.6) is 5.75 Å². The van der Waals surface area contributed by atoms with Crippen molar-refractivity contribution in [2.75, 3.05) is 13.4 Å². The number of benzene rings is 1. The lowest BCUT2D eigenvalue weighted by molar-refractivity contribution is -0.116. The molecule has 1 aliphatic carbocycles. The molecule has 2 aliphatic rings. The monoisotopic (exact) mass is 333 g/mol. The third-order valence-corrected chi connectivity index (χ3v) is 5.85. The van der Waals surface area contributed by atoms with Gasteiger partial charge in [-0.1, -0.05) is 6.92 Å². The highest BCUT2D eigenvalue weighted by Gasteiger charge is 2.47. The zero-order chi connectivity index (χ0) is 16.6. The topological polar surface area (TPSA) is 58.6 Å². The number of carbonyl (C=O) groups is 1. The number of aliphatic hydroxyl groups excluding tert-OH is 1. The zero-order valence-electron chi connectivity index (χ0n) is 13.8. The lowest BCUT2D eigenvalue weighted by atomic mass is 9.76. The second kappa shape index (κ2) is 6.11. The van der Waals surface area contributed by atoms with Gasteiger partial charge in [0.25, 0.3) is 5.91 Å². The summed E-state index contributed by atoms with van der Waals surface area (Å²) in [5.41, 5.74) is 0.643. The summed E-state index contributed by atoms with van der Waals surface area (Å²) in [6.07, 6.45) is 5.62. The molecule has 124 valence electrons. The maximum atomic E-state index is 12.6. The van der Waals surface area contributed by atoms with Crippen LogP contribution in [0.2, 0.25) is 0 Å². The van der Waals surface area contributed by atoms with Gasteiger partial charge in [-0.15, -0.1) is 11.8 Å². The molecule has 1 aromatic carbocycles. The molecule has 23 heavy (non-hydrogen) atoms. The molecule has 1 aliphatic heterocycles. The smallest absolute Gasteiger partial charge is 0.256 e. The highest BCUT2D eigenvalue weighted by Crippen LogP contribution is 2.44. The minimum absolute atomic E-state index is 0.169. The van der Waals surface area contributed by atoms with E-state index in [9.17, 15) is 9.90 Å². The Balaban J connectivity index is 2.04. The van der Waals surface area contributed by atoms with E-state index >= 15 is 0 Å². The zero-order valence-corrected chi connectivity index (χ0v) is 14.6. The Morgan fingerprint density at radius 3 is 2.65 bits per heavy atom. The Bertz CT molecular complexity index is 660. The van der Waals surface area contributed by atoms with Gasteiger partial charge in [0.05, 0.1) is 18.2 Å². The maximum Gasteiger partial charge on any atom is 0.256 e. The van der Waals surface area contributed by atoms with Gasteiger partial charge < -0.3 is 15.2 Å². The lowest BCUT2D eigenvalue weighted by Crippen LogP contribution is -2.47. The average Bonchev–Trinajstić information content (AvgIpc) is 2.80. The first-order chi connectivity index (χ1) is 11.0. The second-order valence-corrected chi connectivity index (χ2v) is 7.36. The molecule has 5 heteroatoms. The molecule has 0 bridgehead atoms. The van der Waals surface area contributed by atoms with Crippen LogP contribution >= 0.6 is 11.8 Å². The Hall–Kier alpha value is -1.62. The number of carbonyl (C=O) groups excluding carboxylic acids is 1. The normalized spacial score (nSPS) is 27.4. The van der Waals surface area contributed by atoms with Crippen molar-refractivity contribution in [1.29, 1.82) is 0 Å². The van der Waals surface area contributed by atoms with Crippen molar-refractivity contribution < 1.29 is 14.6 Å². The van der Waals surface area contributed by atoms with Gasteiger partial charge in [-0.05, 0) is 56.1 Å². The number of nitrogens with one attached hydrogen (secondary N) is 1. The summed E-state index contributed by atoms with van der Waals surface area (Å²) in [6.45, 7) is 2.22. The SMILES string of the molecule is COc1ccc(C2=C(O)C3(CCC(C)CC3)NC2=O)c(SC)c1. The van der Waals surface area contributed by atoms with Crippen LogP contribution in [-0.2, 0) is 4.79 Å². The van der Waals surface area contributed by atoms with Gasteiger partial charge in [0.15, 0.2) is 0 Å². The van der Waals surface area contributed by atoms with Gasteiger partial charge in [-0.2, -0.15) is 0 Å². The Kier molecular flexibility index (Phi) is 4.32. The average molecular weight is 333 g/mol. The Morgan fingerprint density at radius 1 is 1.35 bits per heavy atom. The number of amides is 1. The van der Waals surface area contributed by atoms with E-state index in [4.69, 9.17) is 4.74 Å². The molecule has 0 unspecified atom stereocenters. The first kappa shape index (κ1) is 16.2. The number of aliphatic hydroxyl groups is 1. The number of thioether (sulfide) groups is 1. The number of methoxy groups -OCH3 is 1. The molecular formula is C18H23NO3S. The van der Waals surface area contributed by atoms with E-state index in [1.165, 1.54) is 0 Å². The van der Waals surface area contributed by atoms with Crippen molar-refractivity contribution in [1.82, 2.24) is 5.32 Å². The summed E-state index contributed by atoms with van der Waals surface area (Å²) in [7, 11) is 1.62. The van der Waals surface area contributed by atoms with Crippen molar-refractivity contribution in [2.45, 2.75) is 43.0 Å². The van der Waals surface area contributed by atoms with Crippen LogP contribution in [-0.4, -0.2) is 29.9 Å². The fourth-order valence-electron chi connectivity index (χ4n) is 3.56. The number of rotatable bonds is 3. The summed E-state index contributed by atoms with van der Waals surface area (Å²) in [4.78, 5) is 13.5. The molecule has 2 N–H and O–H groups in total. The minimum Gasteiger partial charge on any atom is -0.509 e. The van der Waals surface area contributed by atoms with Gasteiger partial charge in [0.2, 0.25) is 0 Å². The van der Waals surface area contributed by atoms with Crippen molar-refractivity contribution >= 4 is 23.2 Å². The summed E-state index contributed by atoms with van der Waals surface area (Å²) in [5, 5.41) is 13.9. The van der Waals surface area contributed by atoms with Crippen LogP contribution in [0.3, 0.4) is 0 Å². The van der Waals surface area contributed by atoms with E-state index in [-0.39, 0.29) is 11.7 Å². The molecule has 1 aromatic rings. The fraction of sp³-hybridized carbons (Fsp3) is 0.500. The lowest BCUT2D eigenvalue weighted by Gasteiger charge is -2.36. The number of ether oxygens (including phenoxy) is 1. The fourth-order valence-corrected chi connectivity index (χ4v) is 4.18. The third-order valence-electron chi connectivity index (χ3n) is 5.08. The van der Waals surface area contributed by atoms with Gasteiger partial charge in [-0.25, -0.2) is 0 Å². The molecule has 0 saturated heterocycles. The summed E-state index contributed by atoms with van der Waals surface area (Å²) in [6, 6.07) is 5.60. The van der Waals surface area contributed by atoms with E-state index < -0.39 is 5.54 Å². The van der Waals surface area contributed by atoms with Crippen LogP contribution in [0.25, 0.3) is 5.57 Å². The minimum atomic E-state index is -0.561. The van der Waals surface area contributed by atoms with E-state index in [1.54, 1.807) is 18.9 Å². The van der Waals surface area contributed by atoms with Crippen molar-refractivity contribution in [3.63, 3.8) is 0 Å². The predicted octanol–water partition coefficient (Wildman–Crippen LogP) is 3.76. The molecule has 3 rings (SSSR count). The van der Waals surface area contributed by atoms with Crippen LogP contribution in [0.15, 0.2) is 28.9 Å². The van der Waals surface area contributed by atoms with Crippen molar-refractivity contribution in [3.8, 4) is 5.75 Å². The van der Waals surface area contributed by atoms with E-state index in [1.807, 2.05) is 24.5 Å². The molecule has 1 fully saturated rings. The molecule has 1 spiro atoms. The Morgan fingerprint density at radius 2 is 2.04 bits per heavy atom. The highest BCUT2D eigenvalue weighted by molar-refractivity contribution is 7.98. The van der Waals surface area contributed by atoms with Crippen LogP contribution < -0.4 is 10.1 Å². The molecule has 0 aromatic heterocycles. The van der Waals surface area contributed by atoms with Crippen molar-refractivity contribution in [3.05, 3.63) is 29.5 Å². The molecule has 1 saturated carbocycles. The summed E-state index contributed by atoms with van der Waals surface area (Å²) >= 11 is 1.55. The largest absolute Gasteiger partial charge is 0.509 e. The first-order valence-corrected chi connectivity index (χ1v) is 9.22. The Labute approximate surface area is 141 Å². The van der Waals surface area contributed by atoms with E-state index in [0.717, 1.165) is 41.9 Å². The van der Waals surface area contributed by atoms with Crippen molar-refractivity contribution in [2.24, 2.45) is 5.92 Å². The van der Waals surface area contributed by atoms with E-state index in [0.29, 0.717) is 11.5 Å². The molecular weight excluding hydrogens is 310 g/mol. The standard InChI is InChI=1S/C18H23NO3S/c1-11-6-8-18(9-7-11)16(20)15(17(21)19-18)13-5-4-12(22-2)10-14(13)23-3/h4-5,10-11,20H,6-9H2,1-3H3,(H,19,21). The third kappa shape index (κ3) is 2.71. The van der Waals surface area contributed by atoms with E-state index in [2.05, 4.69) is 12.2 Å². The highest BCUT2D eigenvalue weighted by atomic mass is 32.2. The summed E-state index contributed by atoms with van der Waals surface area (Å²) < 4.78 is 5.26. The maximum absolute atomic E-state index is 12.6. The quantitative estimate of drug-likeness (QED) is 0.827. The van der Waals surface area contributed by atoms with Gasteiger partial charge in [0.1, 0.15) is 11.5 Å².